The van der Waals surface area contributed by atoms with Crippen LogP contribution in [0.1, 0.15) is 27.7 Å². The molecule has 0 aliphatic rings. The largest absolute Gasteiger partial charge is 0.465 e. The van der Waals surface area contributed by atoms with Gasteiger partial charge in [0.2, 0.25) is 11.8 Å². The first-order valence-electron chi connectivity index (χ1n) is 7.52. The molecule has 0 aliphatic heterocycles. The third kappa shape index (κ3) is 3.98. The minimum Gasteiger partial charge on any atom is -0.465 e. The Morgan fingerprint density at radius 2 is 1.88 bits per heavy atom. The van der Waals surface area contributed by atoms with Crippen LogP contribution in [0.4, 0.5) is 5.69 Å². The lowest BCUT2D eigenvalue weighted by molar-refractivity contribution is 0.0601. The van der Waals surface area contributed by atoms with Gasteiger partial charge in [-0.05, 0) is 23.8 Å². The summed E-state index contributed by atoms with van der Waals surface area (Å²) in [5.74, 6) is 0.687. The van der Waals surface area contributed by atoms with Gasteiger partial charge in [-0.3, -0.25) is 0 Å². The number of aromatic nitrogens is 2. The summed E-state index contributed by atoms with van der Waals surface area (Å²) in [7, 11) is 1.36. The number of carbonyl (C=O) groups is 1. The van der Waals surface area contributed by atoms with Crippen LogP contribution in [0.3, 0.4) is 0 Å². The highest BCUT2D eigenvalue weighted by Gasteiger charge is 2.08. The first-order valence-corrected chi connectivity index (χ1v) is 7.52. The molecule has 122 valence electrons. The molecule has 0 atom stereocenters. The second kappa shape index (κ2) is 7.41. The van der Waals surface area contributed by atoms with Crippen LogP contribution in [0.5, 0.6) is 0 Å². The van der Waals surface area contributed by atoms with Gasteiger partial charge in [0.1, 0.15) is 0 Å². The number of esters is 1. The summed E-state index contributed by atoms with van der Waals surface area (Å²) in [6, 6.07) is 17.0. The van der Waals surface area contributed by atoms with E-state index in [0.29, 0.717) is 30.3 Å². The highest BCUT2D eigenvalue weighted by atomic mass is 16.5. The van der Waals surface area contributed by atoms with Gasteiger partial charge in [0.25, 0.3) is 0 Å². The average molecular weight is 323 g/mol. The molecule has 0 saturated carbocycles. The zero-order valence-corrected chi connectivity index (χ0v) is 13.2. The lowest BCUT2D eigenvalue weighted by Gasteiger charge is -2.05. The van der Waals surface area contributed by atoms with Gasteiger partial charge in [-0.15, -0.1) is 10.2 Å². The topological polar surface area (TPSA) is 77.2 Å². The highest BCUT2D eigenvalue weighted by molar-refractivity contribution is 5.90. The van der Waals surface area contributed by atoms with Crippen LogP contribution in [0.15, 0.2) is 59.0 Å². The van der Waals surface area contributed by atoms with Crippen LogP contribution >= 0.6 is 0 Å². The van der Waals surface area contributed by atoms with E-state index in [1.807, 2.05) is 36.4 Å². The number of hydrogen-bond acceptors (Lipinski definition) is 6. The molecule has 0 radical (unpaired) electrons. The molecule has 0 saturated heterocycles. The lowest BCUT2D eigenvalue weighted by Crippen LogP contribution is -2.04. The minimum atomic E-state index is -0.374. The first kappa shape index (κ1) is 15.7. The van der Waals surface area contributed by atoms with Crippen LogP contribution < -0.4 is 5.32 Å². The monoisotopic (exact) mass is 323 g/mol. The molecular formula is C18H17N3O3. The number of benzene rings is 2. The Morgan fingerprint density at radius 3 is 2.67 bits per heavy atom. The Morgan fingerprint density at radius 1 is 1.08 bits per heavy atom. The van der Waals surface area contributed by atoms with Crippen LogP contribution in [-0.4, -0.2) is 23.3 Å². The molecule has 0 bridgehead atoms. The molecule has 1 aromatic heterocycles. The summed E-state index contributed by atoms with van der Waals surface area (Å²) in [6.07, 6.45) is 0.603. The number of hydrogen-bond donors (Lipinski definition) is 1. The Labute approximate surface area is 139 Å². The molecular weight excluding hydrogens is 306 g/mol. The third-order valence-electron chi connectivity index (χ3n) is 3.43. The molecule has 6 heteroatoms. The molecule has 6 nitrogen and oxygen atoms in total. The Hall–Kier alpha value is -3.15. The summed E-state index contributed by atoms with van der Waals surface area (Å²) >= 11 is 0. The van der Waals surface area contributed by atoms with Gasteiger partial charge in [0.15, 0.2) is 0 Å². The summed E-state index contributed by atoms with van der Waals surface area (Å²) < 4.78 is 10.3. The van der Waals surface area contributed by atoms with Gasteiger partial charge in [-0.25, -0.2) is 4.79 Å². The van der Waals surface area contributed by atoms with E-state index in [9.17, 15) is 4.79 Å². The summed E-state index contributed by atoms with van der Waals surface area (Å²) in [6.45, 7) is 0.381. The maximum atomic E-state index is 11.5. The molecule has 0 spiro atoms. The standard InChI is InChI=1S/C18H17N3O3/c1-23-18(22)14-8-5-9-15(11-14)19-12-17-21-20-16(24-17)10-13-6-3-2-4-7-13/h2-9,11,19H,10,12H2,1H3. The van der Waals surface area contributed by atoms with Crippen molar-refractivity contribution in [1.82, 2.24) is 10.2 Å². The second-order valence-corrected chi connectivity index (χ2v) is 5.18. The fraction of sp³-hybridized carbons (Fsp3) is 0.167. The van der Waals surface area contributed by atoms with E-state index in [1.54, 1.807) is 18.2 Å². The fourth-order valence-electron chi connectivity index (χ4n) is 2.25. The number of ether oxygens (including phenoxy) is 1. The van der Waals surface area contributed by atoms with Gasteiger partial charge in [-0.1, -0.05) is 36.4 Å². The highest BCUT2D eigenvalue weighted by Crippen LogP contribution is 2.13. The number of anilines is 1. The van der Waals surface area contributed by atoms with E-state index in [4.69, 9.17) is 9.15 Å². The van der Waals surface area contributed by atoms with Crippen molar-refractivity contribution in [3.8, 4) is 0 Å². The number of carbonyl (C=O) groups excluding carboxylic acids is 1. The van der Waals surface area contributed by atoms with Gasteiger partial charge < -0.3 is 14.5 Å². The van der Waals surface area contributed by atoms with E-state index >= 15 is 0 Å². The molecule has 0 unspecified atom stereocenters. The second-order valence-electron chi connectivity index (χ2n) is 5.18. The van der Waals surface area contributed by atoms with Crippen molar-refractivity contribution in [2.75, 3.05) is 12.4 Å². The number of nitrogens with zero attached hydrogens (tertiary/aromatic N) is 2. The van der Waals surface area contributed by atoms with Gasteiger partial charge in [-0.2, -0.15) is 0 Å². The summed E-state index contributed by atoms with van der Waals surface area (Å²) in [5.41, 5.74) is 2.38. The molecule has 3 aromatic rings. The van der Waals surface area contributed by atoms with E-state index < -0.39 is 0 Å². The van der Waals surface area contributed by atoms with Gasteiger partial charge in [0.05, 0.1) is 25.6 Å². The Bertz CT molecular complexity index is 815. The van der Waals surface area contributed by atoms with Crippen molar-refractivity contribution in [2.45, 2.75) is 13.0 Å². The Balaban J connectivity index is 1.60. The summed E-state index contributed by atoms with van der Waals surface area (Å²) in [5, 5.41) is 11.2. The van der Waals surface area contributed by atoms with Crippen LogP contribution in [0, 0.1) is 0 Å². The smallest absolute Gasteiger partial charge is 0.337 e. The fourth-order valence-corrected chi connectivity index (χ4v) is 2.25. The molecule has 0 amide bonds. The van der Waals surface area contributed by atoms with Crippen molar-refractivity contribution in [1.29, 1.82) is 0 Å². The molecule has 24 heavy (non-hydrogen) atoms. The molecule has 3 rings (SSSR count). The van der Waals surface area contributed by atoms with Crippen molar-refractivity contribution in [3.05, 3.63) is 77.5 Å². The summed E-state index contributed by atoms with van der Waals surface area (Å²) in [4.78, 5) is 11.5. The zero-order chi connectivity index (χ0) is 16.8. The van der Waals surface area contributed by atoms with Gasteiger partial charge in [0, 0.05) is 5.69 Å². The SMILES string of the molecule is COC(=O)c1cccc(NCc2nnc(Cc3ccccc3)o2)c1. The molecule has 1 heterocycles. The van der Waals surface area contributed by atoms with E-state index in [0.717, 1.165) is 11.3 Å². The minimum absolute atomic E-state index is 0.374. The van der Waals surface area contributed by atoms with E-state index in [2.05, 4.69) is 15.5 Å². The molecule has 0 aliphatic carbocycles. The molecule has 1 N–H and O–H groups in total. The van der Waals surface area contributed by atoms with Crippen LogP contribution in [0.2, 0.25) is 0 Å². The number of methoxy groups -OCH3 is 1. The normalized spacial score (nSPS) is 10.4. The number of nitrogens with one attached hydrogen (secondary N) is 1. The first-order chi connectivity index (χ1) is 11.7. The van der Waals surface area contributed by atoms with Crippen molar-refractivity contribution in [2.24, 2.45) is 0 Å². The molecule has 2 aromatic carbocycles. The predicted molar refractivity (Wildman–Crippen MR) is 88.7 cm³/mol. The van der Waals surface area contributed by atoms with Crippen molar-refractivity contribution >= 4 is 11.7 Å². The Kier molecular flexibility index (Phi) is 4.86. The predicted octanol–water partition coefficient (Wildman–Crippen LogP) is 3.06. The maximum absolute atomic E-state index is 11.5. The van der Waals surface area contributed by atoms with Gasteiger partial charge >= 0.3 is 5.97 Å². The quantitative estimate of drug-likeness (QED) is 0.703. The van der Waals surface area contributed by atoms with Crippen molar-refractivity contribution in [3.63, 3.8) is 0 Å². The maximum Gasteiger partial charge on any atom is 0.337 e. The third-order valence-corrected chi connectivity index (χ3v) is 3.43. The average Bonchev–Trinajstić information content (AvgIpc) is 3.08. The van der Waals surface area contributed by atoms with Crippen LogP contribution in [-0.2, 0) is 17.7 Å². The number of rotatable bonds is 6. The van der Waals surface area contributed by atoms with E-state index in [-0.39, 0.29) is 5.97 Å². The lowest BCUT2D eigenvalue weighted by atomic mass is 10.2. The molecule has 0 fully saturated rings. The van der Waals surface area contributed by atoms with Crippen molar-refractivity contribution < 1.29 is 13.9 Å². The zero-order valence-electron chi connectivity index (χ0n) is 13.2. The van der Waals surface area contributed by atoms with Crippen LogP contribution in [0.25, 0.3) is 0 Å². The van der Waals surface area contributed by atoms with E-state index in [1.165, 1.54) is 7.11 Å².